The molecule has 66 valence electrons. The van der Waals surface area contributed by atoms with Crippen molar-refractivity contribution in [2.45, 2.75) is 6.92 Å². The molecule has 1 heterocycles. The molecule has 0 unspecified atom stereocenters. The third kappa shape index (κ3) is 1.29. The summed E-state index contributed by atoms with van der Waals surface area (Å²) < 4.78 is 5.93. The van der Waals surface area contributed by atoms with Gasteiger partial charge in [-0.2, -0.15) is 0 Å². The quantitative estimate of drug-likeness (QED) is 0.650. The molecule has 1 aromatic rings. The van der Waals surface area contributed by atoms with Crippen LogP contribution in [0, 0.1) is 0 Å². The van der Waals surface area contributed by atoms with Crippen LogP contribution in [-0.2, 0) is 4.74 Å². The van der Waals surface area contributed by atoms with Crippen LogP contribution >= 0.6 is 15.9 Å². The first-order chi connectivity index (χ1) is 6.20. The fourth-order valence-corrected chi connectivity index (χ4v) is 1.61. The Morgan fingerprint density at radius 2 is 1.92 bits per heavy atom. The highest BCUT2D eigenvalue weighted by molar-refractivity contribution is 9.11. The zero-order chi connectivity index (χ0) is 9.42. The van der Waals surface area contributed by atoms with Gasteiger partial charge >= 0.3 is 5.97 Å². The molecule has 0 aromatic heterocycles. The molecule has 0 fully saturated rings. The van der Waals surface area contributed by atoms with Gasteiger partial charge in [0.25, 0.3) is 0 Å². The van der Waals surface area contributed by atoms with E-state index in [0.717, 1.165) is 10.0 Å². The number of hydrogen-bond donors (Lipinski definition) is 0. The summed E-state index contributed by atoms with van der Waals surface area (Å²) in [6.07, 6.45) is 0. The summed E-state index contributed by atoms with van der Waals surface area (Å²) >= 11 is 3.30. The van der Waals surface area contributed by atoms with Crippen LogP contribution < -0.4 is 0 Å². The molecule has 0 radical (unpaired) electrons. The van der Waals surface area contributed by atoms with Gasteiger partial charge in [0.15, 0.2) is 0 Å². The molecular weight excluding hydrogens is 232 g/mol. The van der Waals surface area contributed by atoms with Crippen LogP contribution in [0.1, 0.15) is 22.8 Å². The smallest absolute Gasteiger partial charge is 0.344 e. The van der Waals surface area contributed by atoms with E-state index in [1.165, 1.54) is 0 Å². The van der Waals surface area contributed by atoms with E-state index in [0.29, 0.717) is 11.3 Å². The Morgan fingerprint density at radius 3 is 2.54 bits per heavy atom. The summed E-state index contributed by atoms with van der Waals surface area (Å²) in [5.41, 5.74) is 1.50. The van der Waals surface area contributed by atoms with Crippen LogP contribution in [0.2, 0.25) is 0 Å². The lowest BCUT2D eigenvalue weighted by atomic mass is 10.1. The number of carbonyl (C=O) groups excluding carboxylic acids is 1. The highest BCUT2D eigenvalue weighted by Gasteiger charge is 2.26. The maximum atomic E-state index is 11.3. The fourth-order valence-electron chi connectivity index (χ4n) is 1.32. The van der Waals surface area contributed by atoms with E-state index in [-0.39, 0.29) is 5.97 Å². The monoisotopic (exact) mass is 238 g/mol. The van der Waals surface area contributed by atoms with Gasteiger partial charge in [0.05, 0.1) is 5.56 Å². The van der Waals surface area contributed by atoms with Crippen molar-refractivity contribution < 1.29 is 9.53 Å². The Labute approximate surface area is 84.3 Å². The van der Waals surface area contributed by atoms with E-state index in [2.05, 4.69) is 15.9 Å². The Kier molecular flexibility index (Phi) is 1.96. The molecule has 13 heavy (non-hydrogen) atoms. The first-order valence-corrected chi connectivity index (χ1v) is 4.67. The van der Waals surface area contributed by atoms with Crippen LogP contribution in [-0.4, -0.2) is 5.97 Å². The predicted octanol–water partition coefficient (Wildman–Crippen LogP) is 2.94. The summed E-state index contributed by atoms with van der Waals surface area (Å²) in [7, 11) is 0. The van der Waals surface area contributed by atoms with Gasteiger partial charge in [-0.25, -0.2) is 4.79 Å². The molecule has 0 N–H and O–H groups in total. The van der Waals surface area contributed by atoms with Crippen LogP contribution in [0.25, 0.3) is 5.76 Å². The van der Waals surface area contributed by atoms with Crippen LogP contribution in [0.4, 0.5) is 0 Å². The zero-order valence-electron chi connectivity index (χ0n) is 7.00. The van der Waals surface area contributed by atoms with Crippen molar-refractivity contribution in [2.24, 2.45) is 0 Å². The maximum absolute atomic E-state index is 11.3. The molecule has 0 spiro atoms. The normalized spacial score (nSPS) is 18.2. The first-order valence-electron chi connectivity index (χ1n) is 3.88. The standard InChI is InChI=1S/C10H7BrO2/c1-6(11)9-7-4-2-3-5-8(7)10(12)13-9/h2-5H,1H3/b9-6-. The molecule has 0 saturated heterocycles. The van der Waals surface area contributed by atoms with Crippen molar-refractivity contribution in [2.75, 3.05) is 0 Å². The van der Waals surface area contributed by atoms with Gasteiger partial charge in [0, 0.05) is 10.0 Å². The third-order valence-corrected chi connectivity index (χ3v) is 2.26. The largest absolute Gasteiger partial charge is 0.421 e. The van der Waals surface area contributed by atoms with Crippen LogP contribution in [0.3, 0.4) is 0 Å². The van der Waals surface area contributed by atoms with Crippen molar-refractivity contribution in [1.29, 1.82) is 0 Å². The number of carbonyl (C=O) groups is 1. The lowest BCUT2D eigenvalue weighted by Gasteiger charge is -1.97. The number of cyclic esters (lactones) is 1. The second kappa shape index (κ2) is 3.00. The minimum atomic E-state index is -0.274. The number of hydrogen-bond acceptors (Lipinski definition) is 2. The SMILES string of the molecule is C/C(Br)=C1/OC(=O)c2ccccc21. The average molecular weight is 239 g/mol. The summed E-state index contributed by atoms with van der Waals surface area (Å²) in [4.78, 5) is 11.3. The minimum absolute atomic E-state index is 0.274. The number of ether oxygens (including phenoxy) is 1. The number of halogens is 1. The van der Waals surface area contributed by atoms with Crippen molar-refractivity contribution in [3.63, 3.8) is 0 Å². The molecule has 1 aliphatic heterocycles. The van der Waals surface area contributed by atoms with Gasteiger partial charge in [-0.15, -0.1) is 0 Å². The number of rotatable bonds is 0. The lowest BCUT2D eigenvalue weighted by molar-refractivity contribution is 0.0715. The first kappa shape index (κ1) is 8.51. The molecule has 0 saturated carbocycles. The van der Waals surface area contributed by atoms with Gasteiger partial charge in [0.1, 0.15) is 5.76 Å². The topological polar surface area (TPSA) is 26.3 Å². The third-order valence-electron chi connectivity index (χ3n) is 1.90. The highest BCUT2D eigenvalue weighted by atomic mass is 79.9. The van der Waals surface area contributed by atoms with E-state index < -0.39 is 0 Å². The van der Waals surface area contributed by atoms with Gasteiger partial charge in [0.2, 0.25) is 0 Å². The van der Waals surface area contributed by atoms with Crippen LogP contribution in [0.15, 0.2) is 28.7 Å². The fraction of sp³-hybridized carbons (Fsp3) is 0.100. The Balaban J connectivity index is 2.67. The van der Waals surface area contributed by atoms with E-state index >= 15 is 0 Å². The van der Waals surface area contributed by atoms with Crippen molar-refractivity contribution in [3.8, 4) is 0 Å². The maximum Gasteiger partial charge on any atom is 0.344 e. The minimum Gasteiger partial charge on any atom is -0.421 e. The van der Waals surface area contributed by atoms with Crippen LogP contribution in [0.5, 0.6) is 0 Å². The molecule has 2 nitrogen and oxygen atoms in total. The van der Waals surface area contributed by atoms with Gasteiger partial charge < -0.3 is 4.74 Å². The molecule has 0 atom stereocenters. The predicted molar refractivity (Wildman–Crippen MR) is 53.4 cm³/mol. The average Bonchev–Trinajstić information content (AvgIpc) is 2.45. The molecule has 3 heteroatoms. The van der Waals surface area contributed by atoms with E-state index in [4.69, 9.17) is 4.74 Å². The Hall–Kier alpha value is -1.09. The highest BCUT2D eigenvalue weighted by Crippen LogP contribution is 2.33. The van der Waals surface area contributed by atoms with Crippen molar-refractivity contribution in [3.05, 3.63) is 39.9 Å². The molecule has 1 aromatic carbocycles. The van der Waals surface area contributed by atoms with Gasteiger partial charge in [-0.3, -0.25) is 0 Å². The molecule has 2 rings (SSSR count). The summed E-state index contributed by atoms with van der Waals surface area (Å²) in [6, 6.07) is 7.35. The summed E-state index contributed by atoms with van der Waals surface area (Å²) in [5.74, 6) is 0.352. The molecule has 0 aliphatic carbocycles. The Morgan fingerprint density at radius 1 is 1.31 bits per heavy atom. The molecule has 0 amide bonds. The van der Waals surface area contributed by atoms with Gasteiger partial charge in [-0.05, 0) is 13.0 Å². The van der Waals surface area contributed by atoms with Crippen molar-refractivity contribution >= 4 is 27.7 Å². The second-order valence-electron chi connectivity index (χ2n) is 2.80. The Bertz CT molecular complexity index is 403. The molecular formula is C10H7BrO2. The molecule has 0 bridgehead atoms. The van der Waals surface area contributed by atoms with E-state index in [9.17, 15) is 4.79 Å². The second-order valence-corrected chi connectivity index (χ2v) is 3.99. The lowest BCUT2D eigenvalue weighted by Crippen LogP contribution is -1.92. The summed E-state index contributed by atoms with van der Waals surface area (Å²) in [6.45, 7) is 1.85. The van der Waals surface area contributed by atoms with Gasteiger partial charge in [-0.1, -0.05) is 34.1 Å². The number of allylic oxidation sites excluding steroid dienone is 1. The number of benzene rings is 1. The van der Waals surface area contributed by atoms with E-state index in [1.807, 2.05) is 25.1 Å². The van der Waals surface area contributed by atoms with Crippen molar-refractivity contribution in [1.82, 2.24) is 0 Å². The van der Waals surface area contributed by atoms with E-state index in [1.54, 1.807) is 6.07 Å². The number of fused-ring (bicyclic) bond motifs is 1. The molecule has 1 aliphatic rings. The number of esters is 1. The summed E-state index contributed by atoms with van der Waals surface area (Å²) in [5, 5.41) is 0. The zero-order valence-corrected chi connectivity index (χ0v) is 8.59.